The fraction of sp³-hybridized carbons (Fsp3) is 0.200. The molecule has 2 aromatic rings. The predicted molar refractivity (Wildman–Crippen MR) is 75.5 cm³/mol. The maximum atomic E-state index is 11.5. The smallest absolute Gasteiger partial charge is 0.339 e. The van der Waals surface area contributed by atoms with Gasteiger partial charge in [-0.3, -0.25) is 4.98 Å². The lowest BCUT2D eigenvalue weighted by Crippen LogP contribution is -2.04. The molecule has 110 valence electrons. The Bertz CT molecular complexity index is 652. The number of nitrogens with zero attached hydrogens (tertiary/aromatic N) is 1. The molecule has 1 heterocycles. The molecule has 2 rings (SSSR count). The van der Waals surface area contributed by atoms with Gasteiger partial charge in [-0.15, -0.1) is 0 Å². The average molecular weight is 289 g/mol. The summed E-state index contributed by atoms with van der Waals surface area (Å²) in [4.78, 5) is 15.7. The monoisotopic (exact) mass is 289 g/mol. The second-order valence-electron chi connectivity index (χ2n) is 4.20. The van der Waals surface area contributed by atoms with Crippen molar-refractivity contribution in [2.45, 2.75) is 6.92 Å². The number of carbonyl (C=O) groups is 1. The standard InChI is InChI=1S/C15H15NO5/c1-3-21-15(19)9-4-5-11(16-8-9)10-6-12(17)14(18)13(7-10)20-2/h4-8,17-18H,3H2,1-2H3. The molecule has 0 fully saturated rings. The lowest BCUT2D eigenvalue weighted by atomic mass is 10.1. The van der Waals surface area contributed by atoms with Gasteiger partial charge in [0, 0.05) is 11.8 Å². The Morgan fingerprint density at radius 3 is 2.62 bits per heavy atom. The van der Waals surface area contributed by atoms with Gasteiger partial charge < -0.3 is 19.7 Å². The molecule has 6 nitrogen and oxygen atoms in total. The number of pyridine rings is 1. The summed E-state index contributed by atoms with van der Waals surface area (Å²) in [5, 5.41) is 19.2. The number of benzene rings is 1. The van der Waals surface area contributed by atoms with Crippen LogP contribution in [0.25, 0.3) is 11.3 Å². The molecule has 0 radical (unpaired) electrons. The fourth-order valence-corrected chi connectivity index (χ4v) is 1.80. The van der Waals surface area contributed by atoms with Gasteiger partial charge in [0.05, 0.1) is 25.0 Å². The van der Waals surface area contributed by atoms with Crippen LogP contribution >= 0.6 is 0 Å². The van der Waals surface area contributed by atoms with Crippen molar-refractivity contribution in [3.8, 4) is 28.5 Å². The number of hydrogen-bond donors (Lipinski definition) is 2. The van der Waals surface area contributed by atoms with Crippen LogP contribution in [0.15, 0.2) is 30.5 Å². The second-order valence-corrected chi connectivity index (χ2v) is 4.20. The van der Waals surface area contributed by atoms with Gasteiger partial charge in [-0.2, -0.15) is 0 Å². The van der Waals surface area contributed by atoms with Gasteiger partial charge in [-0.1, -0.05) is 0 Å². The topological polar surface area (TPSA) is 88.9 Å². The molecule has 0 spiro atoms. The molecule has 2 N–H and O–H groups in total. The Labute approximate surface area is 121 Å². The van der Waals surface area contributed by atoms with Gasteiger partial charge in [0.15, 0.2) is 11.5 Å². The zero-order valence-electron chi connectivity index (χ0n) is 11.7. The maximum absolute atomic E-state index is 11.5. The van der Waals surface area contributed by atoms with Crippen molar-refractivity contribution in [3.63, 3.8) is 0 Å². The van der Waals surface area contributed by atoms with Crippen LogP contribution in [-0.4, -0.2) is 34.9 Å². The number of carbonyl (C=O) groups excluding carboxylic acids is 1. The number of aromatic hydroxyl groups is 2. The minimum Gasteiger partial charge on any atom is -0.504 e. The van der Waals surface area contributed by atoms with Crippen molar-refractivity contribution in [1.29, 1.82) is 0 Å². The molecule has 0 atom stereocenters. The van der Waals surface area contributed by atoms with E-state index < -0.39 is 5.97 Å². The summed E-state index contributed by atoms with van der Waals surface area (Å²) in [5.74, 6) is -0.936. The van der Waals surface area contributed by atoms with Crippen LogP contribution in [0, 0.1) is 0 Å². The van der Waals surface area contributed by atoms with E-state index in [1.807, 2.05) is 0 Å². The van der Waals surface area contributed by atoms with Gasteiger partial charge in [0.2, 0.25) is 5.75 Å². The quantitative estimate of drug-likeness (QED) is 0.663. The van der Waals surface area contributed by atoms with Gasteiger partial charge in [0.1, 0.15) is 0 Å². The van der Waals surface area contributed by atoms with Gasteiger partial charge >= 0.3 is 5.97 Å². The largest absolute Gasteiger partial charge is 0.504 e. The molecule has 1 aromatic heterocycles. The lowest BCUT2D eigenvalue weighted by Gasteiger charge is -2.09. The van der Waals surface area contributed by atoms with E-state index in [0.717, 1.165) is 0 Å². The number of ether oxygens (including phenoxy) is 2. The molecule has 0 aliphatic carbocycles. The number of rotatable bonds is 4. The summed E-state index contributed by atoms with van der Waals surface area (Å²) in [5.41, 5.74) is 1.42. The number of phenols is 2. The highest BCUT2D eigenvalue weighted by Crippen LogP contribution is 2.39. The highest BCUT2D eigenvalue weighted by Gasteiger charge is 2.12. The molecule has 0 saturated carbocycles. The maximum Gasteiger partial charge on any atom is 0.339 e. The fourth-order valence-electron chi connectivity index (χ4n) is 1.80. The molecule has 21 heavy (non-hydrogen) atoms. The Balaban J connectivity index is 2.35. The van der Waals surface area contributed by atoms with Crippen LogP contribution in [0.1, 0.15) is 17.3 Å². The molecule has 0 aliphatic heterocycles. The number of esters is 1. The zero-order valence-corrected chi connectivity index (χ0v) is 11.7. The molecule has 0 bridgehead atoms. The van der Waals surface area contributed by atoms with Crippen molar-refractivity contribution in [1.82, 2.24) is 4.98 Å². The Morgan fingerprint density at radius 2 is 2.05 bits per heavy atom. The van der Waals surface area contributed by atoms with Crippen molar-refractivity contribution >= 4 is 5.97 Å². The first kappa shape index (κ1) is 14.6. The third-order valence-electron chi connectivity index (χ3n) is 2.85. The van der Waals surface area contributed by atoms with Crippen molar-refractivity contribution < 1.29 is 24.5 Å². The lowest BCUT2D eigenvalue weighted by molar-refractivity contribution is 0.0526. The summed E-state index contributed by atoms with van der Waals surface area (Å²) < 4.78 is 9.84. The van der Waals surface area contributed by atoms with Crippen molar-refractivity contribution in [2.24, 2.45) is 0 Å². The molecule has 0 saturated heterocycles. The number of hydrogen-bond acceptors (Lipinski definition) is 6. The number of methoxy groups -OCH3 is 1. The first-order valence-corrected chi connectivity index (χ1v) is 6.30. The summed E-state index contributed by atoms with van der Waals surface area (Å²) in [6.45, 7) is 2.02. The zero-order chi connectivity index (χ0) is 15.4. The van der Waals surface area contributed by atoms with Crippen LogP contribution < -0.4 is 4.74 Å². The molecule has 6 heteroatoms. The van der Waals surface area contributed by atoms with Crippen LogP contribution in [0.5, 0.6) is 17.2 Å². The molecular weight excluding hydrogens is 274 g/mol. The first-order chi connectivity index (χ1) is 10.1. The highest BCUT2D eigenvalue weighted by molar-refractivity contribution is 5.89. The van der Waals surface area contributed by atoms with Crippen LogP contribution in [0.3, 0.4) is 0 Å². The van der Waals surface area contributed by atoms with Crippen LogP contribution in [0.4, 0.5) is 0 Å². The minimum absolute atomic E-state index is 0.140. The molecule has 1 aromatic carbocycles. The Morgan fingerprint density at radius 1 is 1.29 bits per heavy atom. The third kappa shape index (κ3) is 3.05. The van der Waals surface area contributed by atoms with E-state index in [4.69, 9.17) is 9.47 Å². The van der Waals surface area contributed by atoms with Gasteiger partial charge in [0.25, 0.3) is 0 Å². The van der Waals surface area contributed by atoms with E-state index in [2.05, 4.69) is 4.98 Å². The molecule has 0 aliphatic rings. The van der Waals surface area contributed by atoms with E-state index in [0.29, 0.717) is 23.4 Å². The Hall–Kier alpha value is -2.76. The normalized spacial score (nSPS) is 10.2. The van der Waals surface area contributed by atoms with E-state index in [1.165, 1.54) is 19.4 Å². The summed E-state index contributed by atoms with van der Waals surface area (Å²) in [6, 6.07) is 6.11. The third-order valence-corrected chi connectivity index (χ3v) is 2.85. The second kappa shape index (κ2) is 6.13. The number of phenolic OH excluding ortho intramolecular Hbond substituents is 2. The van der Waals surface area contributed by atoms with Crippen LogP contribution in [0.2, 0.25) is 0 Å². The summed E-state index contributed by atoms with van der Waals surface area (Å²) in [6.07, 6.45) is 1.39. The van der Waals surface area contributed by atoms with E-state index >= 15 is 0 Å². The average Bonchev–Trinajstić information content (AvgIpc) is 2.50. The van der Waals surface area contributed by atoms with E-state index in [9.17, 15) is 15.0 Å². The van der Waals surface area contributed by atoms with Gasteiger partial charge in [-0.25, -0.2) is 4.79 Å². The van der Waals surface area contributed by atoms with Crippen molar-refractivity contribution in [2.75, 3.05) is 13.7 Å². The van der Waals surface area contributed by atoms with E-state index in [-0.39, 0.29) is 17.2 Å². The van der Waals surface area contributed by atoms with Crippen LogP contribution in [-0.2, 0) is 4.74 Å². The SMILES string of the molecule is CCOC(=O)c1ccc(-c2cc(O)c(O)c(OC)c2)nc1. The molecular formula is C15H15NO5. The first-order valence-electron chi connectivity index (χ1n) is 6.30. The molecule has 0 amide bonds. The van der Waals surface area contributed by atoms with E-state index in [1.54, 1.807) is 25.1 Å². The minimum atomic E-state index is -0.442. The van der Waals surface area contributed by atoms with Gasteiger partial charge in [-0.05, 0) is 31.2 Å². The molecule has 0 unspecified atom stereocenters. The number of aromatic nitrogens is 1. The summed E-state index contributed by atoms with van der Waals surface area (Å²) in [7, 11) is 1.38. The Kier molecular flexibility index (Phi) is 4.27. The summed E-state index contributed by atoms with van der Waals surface area (Å²) >= 11 is 0. The van der Waals surface area contributed by atoms with Crippen molar-refractivity contribution in [3.05, 3.63) is 36.0 Å². The predicted octanol–water partition coefficient (Wildman–Crippen LogP) is 2.35. The highest BCUT2D eigenvalue weighted by atomic mass is 16.5.